The summed E-state index contributed by atoms with van der Waals surface area (Å²) in [7, 11) is 0. The van der Waals surface area contributed by atoms with Gasteiger partial charge in [0.05, 0.1) is 26.2 Å². The molecule has 0 aromatic heterocycles. The summed E-state index contributed by atoms with van der Waals surface area (Å²) in [4.78, 5) is 0. The van der Waals surface area contributed by atoms with Crippen LogP contribution in [0, 0.1) is 0 Å². The summed E-state index contributed by atoms with van der Waals surface area (Å²) in [5.41, 5.74) is 0. The molecule has 0 amide bonds. The molecule has 1 heteroatoms. The molecule has 230 valence electrons. The zero-order valence-electron chi connectivity index (χ0n) is 27.8. The first-order chi connectivity index (χ1) is 18.7. The van der Waals surface area contributed by atoms with Gasteiger partial charge < -0.3 is 4.48 Å². The zero-order chi connectivity index (χ0) is 27.8. The molecule has 0 saturated heterocycles. The molecular weight excluding hydrogens is 458 g/mol. The van der Waals surface area contributed by atoms with E-state index in [0.29, 0.717) is 0 Å². The Bertz CT molecular complexity index is 400. The summed E-state index contributed by atoms with van der Waals surface area (Å²) in [6.45, 7) is 15.1. The summed E-state index contributed by atoms with van der Waals surface area (Å²) in [5, 5.41) is 0. The lowest BCUT2D eigenvalue weighted by Gasteiger charge is -2.38. The second-order valence-corrected chi connectivity index (χ2v) is 13.1. The Hall–Kier alpha value is -0.0400. The van der Waals surface area contributed by atoms with Crippen molar-refractivity contribution < 1.29 is 4.48 Å². The molecule has 0 N–H and O–H groups in total. The van der Waals surface area contributed by atoms with Crippen LogP contribution in [0.1, 0.15) is 214 Å². The third kappa shape index (κ3) is 26.2. The highest BCUT2D eigenvalue weighted by Crippen LogP contribution is 2.18. The summed E-state index contributed by atoms with van der Waals surface area (Å²) < 4.78 is 1.41. The van der Waals surface area contributed by atoms with E-state index in [4.69, 9.17) is 0 Å². The summed E-state index contributed by atoms with van der Waals surface area (Å²) in [6.07, 6.45) is 42.5. The van der Waals surface area contributed by atoms with Crippen molar-refractivity contribution in [2.75, 3.05) is 26.2 Å². The molecule has 0 atom stereocenters. The van der Waals surface area contributed by atoms with Crippen LogP contribution < -0.4 is 0 Å². The van der Waals surface area contributed by atoms with Crippen molar-refractivity contribution >= 4 is 0 Å². The Morgan fingerprint density at radius 2 is 0.421 bits per heavy atom. The minimum atomic E-state index is 1.35. The standard InChI is InChI=1S/C37H78N/c1-5-9-10-11-12-13-14-15-16-17-18-19-20-21-22-23-24-25-26-27-28-29-30-31-32-33-37-38(34-6-2,35-7-3)36-8-4/h5-37H2,1-4H3/q+1. The third-order valence-corrected chi connectivity index (χ3v) is 9.08. The van der Waals surface area contributed by atoms with E-state index in [1.54, 1.807) is 0 Å². The lowest BCUT2D eigenvalue weighted by atomic mass is 10.0. The number of nitrogens with zero attached hydrogens (tertiary/aromatic N) is 1. The number of rotatable bonds is 33. The molecule has 1 nitrogen and oxygen atoms in total. The van der Waals surface area contributed by atoms with Crippen molar-refractivity contribution in [3.8, 4) is 0 Å². The van der Waals surface area contributed by atoms with Crippen molar-refractivity contribution in [3.05, 3.63) is 0 Å². The molecule has 0 rings (SSSR count). The van der Waals surface area contributed by atoms with Gasteiger partial charge in [-0.15, -0.1) is 0 Å². The van der Waals surface area contributed by atoms with Crippen molar-refractivity contribution in [1.82, 2.24) is 0 Å². The largest absolute Gasteiger partial charge is 0.324 e. The smallest absolute Gasteiger partial charge is 0.0786 e. The molecule has 0 fully saturated rings. The van der Waals surface area contributed by atoms with Gasteiger partial charge in [-0.25, -0.2) is 0 Å². The normalized spacial score (nSPS) is 12.0. The van der Waals surface area contributed by atoms with E-state index in [0.717, 1.165) is 0 Å². The van der Waals surface area contributed by atoms with Crippen molar-refractivity contribution in [3.63, 3.8) is 0 Å². The highest BCUT2D eigenvalue weighted by Gasteiger charge is 2.23. The average molecular weight is 537 g/mol. The molecule has 0 aliphatic rings. The molecule has 0 spiro atoms. The van der Waals surface area contributed by atoms with E-state index in [1.165, 1.54) is 217 Å². The second-order valence-electron chi connectivity index (χ2n) is 13.1. The molecule has 0 saturated carbocycles. The predicted octanol–water partition coefficient (Wildman–Crippen LogP) is 13.2. The molecule has 0 heterocycles. The van der Waals surface area contributed by atoms with Crippen LogP contribution >= 0.6 is 0 Å². The van der Waals surface area contributed by atoms with Crippen LogP contribution in [0.15, 0.2) is 0 Å². The Kier molecular flexibility index (Phi) is 31.5. The van der Waals surface area contributed by atoms with E-state index in [2.05, 4.69) is 27.7 Å². The Morgan fingerprint density at radius 1 is 0.211 bits per heavy atom. The number of hydrogen-bond acceptors (Lipinski definition) is 0. The maximum Gasteiger partial charge on any atom is 0.0786 e. The monoisotopic (exact) mass is 537 g/mol. The second kappa shape index (κ2) is 31.5. The summed E-state index contributed by atoms with van der Waals surface area (Å²) in [6, 6.07) is 0. The molecule has 0 aromatic rings. The van der Waals surface area contributed by atoms with Gasteiger partial charge in [0, 0.05) is 0 Å². The first-order valence-corrected chi connectivity index (χ1v) is 18.6. The topological polar surface area (TPSA) is 0 Å². The first-order valence-electron chi connectivity index (χ1n) is 18.6. The van der Waals surface area contributed by atoms with E-state index >= 15 is 0 Å². The van der Waals surface area contributed by atoms with Gasteiger partial charge in [-0.05, 0) is 32.1 Å². The predicted molar refractivity (Wildman–Crippen MR) is 176 cm³/mol. The number of hydrogen-bond donors (Lipinski definition) is 0. The molecule has 0 bridgehead atoms. The van der Waals surface area contributed by atoms with Gasteiger partial charge in [-0.3, -0.25) is 0 Å². The molecular formula is C37H78N+. The lowest BCUT2D eigenvalue weighted by molar-refractivity contribution is -0.928. The fourth-order valence-corrected chi connectivity index (χ4v) is 6.86. The molecule has 0 radical (unpaired) electrons. The van der Waals surface area contributed by atoms with Gasteiger partial charge in [-0.2, -0.15) is 0 Å². The van der Waals surface area contributed by atoms with Crippen LogP contribution in [0.2, 0.25) is 0 Å². The number of unbranched alkanes of at least 4 members (excludes halogenated alkanes) is 25. The van der Waals surface area contributed by atoms with Crippen molar-refractivity contribution in [1.29, 1.82) is 0 Å². The minimum Gasteiger partial charge on any atom is -0.324 e. The summed E-state index contributed by atoms with van der Waals surface area (Å²) in [5.74, 6) is 0. The quantitative estimate of drug-likeness (QED) is 0.0577. The SMILES string of the molecule is CCCCCCCCCCCCCCCCCCCCCCCCCCCC[N+](CCC)(CCC)CCC. The van der Waals surface area contributed by atoms with Crippen LogP contribution in [0.25, 0.3) is 0 Å². The molecule has 0 unspecified atom stereocenters. The highest BCUT2D eigenvalue weighted by atomic mass is 15.3. The van der Waals surface area contributed by atoms with Gasteiger partial charge in [-0.1, -0.05) is 182 Å². The van der Waals surface area contributed by atoms with Crippen LogP contribution in [-0.2, 0) is 0 Å². The van der Waals surface area contributed by atoms with Crippen LogP contribution in [0.3, 0.4) is 0 Å². The number of quaternary nitrogens is 1. The van der Waals surface area contributed by atoms with Gasteiger partial charge in [0.2, 0.25) is 0 Å². The fraction of sp³-hybridized carbons (Fsp3) is 1.00. The molecule has 0 aromatic carbocycles. The van der Waals surface area contributed by atoms with E-state index < -0.39 is 0 Å². The zero-order valence-corrected chi connectivity index (χ0v) is 27.8. The van der Waals surface area contributed by atoms with Gasteiger partial charge in [0.25, 0.3) is 0 Å². The average Bonchev–Trinajstić information content (AvgIpc) is 2.91. The Balaban J connectivity index is 3.28. The third-order valence-electron chi connectivity index (χ3n) is 9.08. The Morgan fingerprint density at radius 3 is 0.632 bits per heavy atom. The lowest BCUT2D eigenvalue weighted by Crippen LogP contribution is -2.50. The van der Waals surface area contributed by atoms with Crippen molar-refractivity contribution in [2.45, 2.75) is 214 Å². The highest BCUT2D eigenvalue weighted by molar-refractivity contribution is 4.53. The van der Waals surface area contributed by atoms with Gasteiger partial charge in [0.15, 0.2) is 0 Å². The van der Waals surface area contributed by atoms with Gasteiger partial charge >= 0.3 is 0 Å². The Labute approximate surface area is 244 Å². The van der Waals surface area contributed by atoms with Crippen molar-refractivity contribution in [2.24, 2.45) is 0 Å². The van der Waals surface area contributed by atoms with E-state index in [9.17, 15) is 0 Å². The fourth-order valence-electron chi connectivity index (χ4n) is 6.86. The van der Waals surface area contributed by atoms with E-state index in [-0.39, 0.29) is 0 Å². The van der Waals surface area contributed by atoms with Crippen LogP contribution in [0.4, 0.5) is 0 Å². The van der Waals surface area contributed by atoms with E-state index in [1.807, 2.05) is 0 Å². The maximum atomic E-state index is 2.37. The van der Waals surface area contributed by atoms with Gasteiger partial charge in [0.1, 0.15) is 0 Å². The summed E-state index contributed by atoms with van der Waals surface area (Å²) >= 11 is 0. The molecule has 0 aliphatic heterocycles. The van der Waals surface area contributed by atoms with Crippen LogP contribution in [-0.4, -0.2) is 30.7 Å². The first kappa shape index (κ1) is 38.0. The minimum absolute atomic E-state index is 1.35. The maximum absolute atomic E-state index is 2.37. The molecule has 0 aliphatic carbocycles. The van der Waals surface area contributed by atoms with Crippen LogP contribution in [0.5, 0.6) is 0 Å². The molecule has 38 heavy (non-hydrogen) atoms.